The zero-order chi connectivity index (χ0) is 8.10. The van der Waals surface area contributed by atoms with Crippen molar-refractivity contribution in [2.45, 2.75) is 19.3 Å². The molecular weight excluding hydrogens is 142 g/mol. The number of aryl methyl sites for hydroxylation is 2. The summed E-state index contributed by atoms with van der Waals surface area (Å²) in [5, 5.41) is 7.66. The van der Waals surface area contributed by atoms with Gasteiger partial charge >= 0.3 is 0 Å². The highest BCUT2D eigenvalue weighted by Crippen LogP contribution is 1.97. The Labute approximate surface area is 65.2 Å². The smallest absolute Gasteiger partial charge is 0.120 e. The van der Waals surface area contributed by atoms with Gasteiger partial charge in [0.25, 0.3) is 0 Å². The van der Waals surface area contributed by atoms with Crippen LogP contribution in [0.3, 0.4) is 0 Å². The van der Waals surface area contributed by atoms with Gasteiger partial charge in [0.2, 0.25) is 0 Å². The van der Waals surface area contributed by atoms with Gasteiger partial charge in [-0.1, -0.05) is 5.21 Å². The molecule has 60 valence electrons. The number of nitrogens with zero attached hydrogens (tertiary/aromatic N) is 3. The number of carbonyl (C=O) groups is 1. The fourth-order valence-corrected chi connectivity index (χ4v) is 0.876. The van der Waals surface area contributed by atoms with Crippen molar-refractivity contribution in [3.8, 4) is 0 Å². The van der Waals surface area contributed by atoms with Gasteiger partial charge in [0.15, 0.2) is 0 Å². The number of rotatable bonds is 4. The Morgan fingerprint density at radius 3 is 3.09 bits per heavy atom. The Kier molecular flexibility index (Phi) is 2.77. The van der Waals surface area contributed by atoms with E-state index in [0.717, 1.165) is 24.8 Å². The normalized spacial score (nSPS) is 9.91. The van der Waals surface area contributed by atoms with Crippen LogP contribution in [0.4, 0.5) is 0 Å². The fraction of sp³-hybridized carbons (Fsp3) is 0.571. The first-order valence-corrected chi connectivity index (χ1v) is 3.62. The molecule has 4 heteroatoms. The number of unbranched alkanes of at least 4 members (excludes halogenated alkanes) is 1. The van der Waals surface area contributed by atoms with Crippen LogP contribution in [-0.4, -0.2) is 21.3 Å². The number of hydrogen-bond donors (Lipinski definition) is 0. The summed E-state index contributed by atoms with van der Waals surface area (Å²) >= 11 is 0. The van der Waals surface area contributed by atoms with E-state index >= 15 is 0 Å². The second-order valence-electron chi connectivity index (χ2n) is 2.44. The molecule has 0 amide bonds. The van der Waals surface area contributed by atoms with Gasteiger partial charge in [-0.15, -0.1) is 5.10 Å². The lowest BCUT2D eigenvalue weighted by Crippen LogP contribution is -1.85. The molecule has 0 fully saturated rings. The van der Waals surface area contributed by atoms with Crippen LogP contribution in [-0.2, 0) is 18.3 Å². The Morgan fingerprint density at radius 1 is 1.73 bits per heavy atom. The van der Waals surface area contributed by atoms with E-state index < -0.39 is 0 Å². The first-order chi connectivity index (χ1) is 5.33. The molecule has 1 aromatic rings. The minimum absolute atomic E-state index is 0.608. The Balaban J connectivity index is 2.32. The lowest BCUT2D eigenvalue weighted by Gasteiger charge is -1.88. The zero-order valence-corrected chi connectivity index (χ0v) is 6.53. The average molecular weight is 153 g/mol. The molecular formula is C7H11N3O. The molecule has 11 heavy (non-hydrogen) atoms. The van der Waals surface area contributed by atoms with Crippen LogP contribution in [0, 0.1) is 0 Å². The molecule has 4 nitrogen and oxygen atoms in total. The van der Waals surface area contributed by atoms with Gasteiger partial charge in [-0.05, 0) is 12.8 Å². The summed E-state index contributed by atoms with van der Waals surface area (Å²) in [5.41, 5.74) is 0.953. The maximum absolute atomic E-state index is 9.96. The molecule has 0 bridgehead atoms. The van der Waals surface area contributed by atoms with Gasteiger partial charge in [0.05, 0.1) is 5.69 Å². The minimum atomic E-state index is 0.608. The Morgan fingerprint density at radius 2 is 2.55 bits per heavy atom. The van der Waals surface area contributed by atoms with Crippen LogP contribution in [0.5, 0.6) is 0 Å². The number of hydrogen-bond acceptors (Lipinski definition) is 3. The molecule has 0 aliphatic heterocycles. The molecule has 0 saturated heterocycles. The van der Waals surface area contributed by atoms with E-state index in [9.17, 15) is 4.79 Å². The molecule has 0 aromatic carbocycles. The van der Waals surface area contributed by atoms with E-state index in [4.69, 9.17) is 0 Å². The highest BCUT2D eigenvalue weighted by Gasteiger charge is 1.96. The highest BCUT2D eigenvalue weighted by atomic mass is 16.1. The predicted molar refractivity (Wildman–Crippen MR) is 40.0 cm³/mol. The van der Waals surface area contributed by atoms with E-state index in [2.05, 4.69) is 10.3 Å². The van der Waals surface area contributed by atoms with Gasteiger partial charge < -0.3 is 4.79 Å². The lowest BCUT2D eigenvalue weighted by atomic mass is 10.2. The van der Waals surface area contributed by atoms with Crippen molar-refractivity contribution in [1.29, 1.82) is 0 Å². The molecule has 0 spiro atoms. The van der Waals surface area contributed by atoms with E-state index in [0.29, 0.717) is 6.42 Å². The van der Waals surface area contributed by atoms with E-state index in [1.807, 2.05) is 13.2 Å². The van der Waals surface area contributed by atoms with E-state index in [1.54, 1.807) is 4.68 Å². The van der Waals surface area contributed by atoms with Gasteiger partial charge in [-0.2, -0.15) is 0 Å². The van der Waals surface area contributed by atoms with Crippen molar-refractivity contribution in [1.82, 2.24) is 15.0 Å². The molecule has 0 N–H and O–H groups in total. The van der Waals surface area contributed by atoms with Crippen LogP contribution >= 0.6 is 0 Å². The van der Waals surface area contributed by atoms with Crippen LogP contribution in [0.25, 0.3) is 0 Å². The Bertz CT molecular complexity index is 231. The summed E-state index contributed by atoms with van der Waals surface area (Å²) in [7, 11) is 1.83. The third kappa shape index (κ3) is 2.49. The molecule has 0 unspecified atom stereocenters. The average Bonchev–Trinajstić information content (AvgIpc) is 2.37. The van der Waals surface area contributed by atoms with Gasteiger partial charge in [-0.3, -0.25) is 4.68 Å². The third-order valence-electron chi connectivity index (χ3n) is 1.40. The summed E-state index contributed by atoms with van der Waals surface area (Å²) in [5.74, 6) is 0. The summed E-state index contributed by atoms with van der Waals surface area (Å²) in [4.78, 5) is 9.96. The van der Waals surface area contributed by atoms with Gasteiger partial charge in [0.1, 0.15) is 6.29 Å². The number of aldehydes is 1. The molecule has 0 atom stereocenters. The third-order valence-corrected chi connectivity index (χ3v) is 1.40. The zero-order valence-electron chi connectivity index (χ0n) is 6.53. The van der Waals surface area contributed by atoms with Gasteiger partial charge in [0, 0.05) is 19.7 Å². The van der Waals surface area contributed by atoms with E-state index in [1.165, 1.54) is 0 Å². The maximum Gasteiger partial charge on any atom is 0.120 e. The van der Waals surface area contributed by atoms with Crippen molar-refractivity contribution in [3.05, 3.63) is 11.9 Å². The standard InChI is InChI=1S/C7H11N3O/c1-10-6-7(8-9-10)4-2-3-5-11/h5-6H,2-4H2,1H3. The van der Waals surface area contributed by atoms with Crippen LogP contribution < -0.4 is 0 Å². The second kappa shape index (κ2) is 3.85. The molecule has 0 aliphatic carbocycles. The van der Waals surface area contributed by atoms with E-state index in [-0.39, 0.29) is 0 Å². The second-order valence-corrected chi connectivity index (χ2v) is 2.44. The monoisotopic (exact) mass is 153 g/mol. The van der Waals surface area contributed by atoms with Crippen molar-refractivity contribution < 1.29 is 4.79 Å². The summed E-state index contributed by atoms with van der Waals surface area (Å²) < 4.78 is 1.66. The first kappa shape index (κ1) is 7.91. The minimum Gasteiger partial charge on any atom is -0.303 e. The van der Waals surface area contributed by atoms with Crippen LogP contribution in [0.1, 0.15) is 18.5 Å². The summed E-state index contributed by atoms with van der Waals surface area (Å²) in [6.45, 7) is 0. The summed E-state index contributed by atoms with van der Waals surface area (Å²) in [6.07, 6.45) is 5.10. The molecule has 1 heterocycles. The first-order valence-electron chi connectivity index (χ1n) is 3.62. The van der Waals surface area contributed by atoms with Crippen LogP contribution in [0.15, 0.2) is 6.20 Å². The number of carbonyl (C=O) groups excluding carboxylic acids is 1. The van der Waals surface area contributed by atoms with Crippen LogP contribution in [0.2, 0.25) is 0 Å². The van der Waals surface area contributed by atoms with Gasteiger partial charge in [-0.25, -0.2) is 0 Å². The largest absolute Gasteiger partial charge is 0.303 e. The SMILES string of the molecule is Cn1cc(CCCC=O)nn1. The number of aromatic nitrogens is 3. The van der Waals surface area contributed by atoms with Crippen molar-refractivity contribution in [2.24, 2.45) is 7.05 Å². The van der Waals surface area contributed by atoms with Crippen molar-refractivity contribution in [3.63, 3.8) is 0 Å². The molecule has 0 aliphatic rings. The molecule has 1 aromatic heterocycles. The molecule has 1 rings (SSSR count). The molecule has 0 radical (unpaired) electrons. The lowest BCUT2D eigenvalue weighted by molar-refractivity contribution is -0.107. The summed E-state index contributed by atoms with van der Waals surface area (Å²) in [6, 6.07) is 0. The predicted octanol–water partition coefficient (Wildman–Crippen LogP) is 0.337. The maximum atomic E-state index is 9.96. The fourth-order valence-electron chi connectivity index (χ4n) is 0.876. The highest BCUT2D eigenvalue weighted by molar-refractivity contribution is 5.49. The molecule has 0 saturated carbocycles. The topological polar surface area (TPSA) is 47.8 Å². The van der Waals surface area contributed by atoms with Crippen molar-refractivity contribution in [2.75, 3.05) is 0 Å². The Hall–Kier alpha value is -1.19. The van der Waals surface area contributed by atoms with Crippen molar-refractivity contribution >= 4 is 6.29 Å². The quantitative estimate of drug-likeness (QED) is 0.463.